The van der Waals surface area contributed by atoms with E-state index >= 15 is 0 Å². The number of nitrogens with one attached hydrogen (secondary N) is 3. The standard InChI is InChI=1S/C18H19FN4O3/c1-2-26-16-10-12(19)6-7-15(16)22-17(24)21-13-4-3-5-14(11-13)23-9-8-20-18(23)25/h3-7,10-11H,2,8-9H2,1H3,(H,20,25)(H2,21,22,24). The van der Waals surface area contributed by atoms with Gasteiger partial charge < -0.3 is 20.7 Å². The number of benzene rings is 2. The average Bonchev–Trinajstić information content (AvgIpc) is 3.04. The number of urea groups is 2. The highest BCUT2D eigenvalue weighted by Crippen LogP contribution is 2.26. The van der Waals surface area contributed by atoms with Crippen LogP contribution in [0.3, 0.4) is 0 Å². The molecule has 1 saturated heterocycles. The normalized spacial score (nSPS) is 13.3. The molecule has 8 heteroatoms. The molecule has 26 heavy (non-hydrogen) atoms. The van der Waals surface area contributed by atoms with Crippen LogP contribution in [0.15, 0.2) is 42.5 Å². The zero-order valence-corrected chi connectivity index (χ0v) is 14.2. The van der Waals surface area contributed by atoms with E-state index in [2.05, 4.69) is 16.0 Å². The van der Waals surface area contributed by atoms with Crippen molar-refractivity contribution in [2.75, 3.05) is 35.2 Å². The van der Waals surface area contributed by atoms with Gasteiger partial charge in [0, 0.05) is 30.5 Å². The zero-order valence-electron chi connectivity index (χ0n) is 14.2. The monoisotopic (exact) mass is 358 g/mol. The molecule has 136 valence electrons. The summed E-state index contributed by atoms with van der Waals surface area (Å²) < 4.78 is 18.7. The molecule has 0 radical (unpaired) electrons. The summed E-state index contributed by atoms with van der Waals surface area (Å²) in [6, 6.07) is 10.2. The molecule has 7 nitrogen and oxygen atoms in total. The molecule has 3 rings (SSSR count). The fraction of sp³-hybridized carbons (Fsp3) is 0.222. The van der Waals surface area contributed by atoms with Gasteiger partial charge in [-0.1, -0.05) is 6.07 Å². The Morgan fingerprint density at radius 1 is 1.27 bits per heavy atom. The Labute approximate surface area is 150 Å². The molecule has 2 aromatic carbocycles. The Balaban J connectivity index is 1.70. The van der Waals surface area contributed by atoms with Crippen LogP contribution in [0.5, 0.6) is 5.75 Å². The number of halogens is 1. The molecule has 2 aromatic rings. The van der Waals surface area contributed by atoms with E-state index < -0.39 is 11.8 Å². The zero-order chi connectivity index (χ0) is 18.5. The number of ether oxygens (including phenoxy) is 1. The SMILES string of the molecule is CCOc1cc(F)ccc1NC(=O)Nc1cccc(N2CCNC2=O)c1. The molecule has 1 fully saturated rings. The van der Waals surface area contributed by atoms with Gasteiger partial charge >= 0.3 is 12.1 Å². The number of hydrogen-bond acceptors (Lipinski definition) is 3. The maximum atomic E-state index is 13.3. The largest absolute Gasteiger partial charge is 0.492 e. The molecule has 0 aliphatic carbocycles. The van der Waals surface area contributed by atoms with E-state index in [1.165, 1.54) is 18.2 Å². The first-order chi connectivity index (χ1) is 12.6. The van der Waals surface area contributed by atoms with Gasteiger partial charge in [-0.15, -0.1) is 0 Å². The van der Waals surface area contributed by atoms with Gasteiger partial charge in [-0.25, -0.2) is 14.0 Å². The molecular formula is C18H19FN4O3. The Hall–Kier alpha value is -3.29. The van der Waals surface area contributed by atoms with Gasteiger partial charge in [0.25, 0.3) is 0 Å². The third kappa shape index (κ3) is 4.02. The molecule has 1 heterocycles. The number of carbonyl (C=O) groups excluding carboxylic acids is 2. The minimum absolute atomic E-state index is 0.167. The van der Waals surface area contributed by atoms with Crippen LogP contribution < -0.4 is 25.6 Å². The van der Waals surface area contributed by atoms with Crippen molar-refractivity contribution in [3.05, 3.63) is 48.3 Å². The first-order valence-electron chi connectivity index (χ1n) is 8.22. The lowest BCUT2D eigenvalue weighted by Crippen LogP contribution is -2.27. The van der Waals surface area contributed by atoms with E-state index in [4.69, 9.17) is 4.74 Å². The lowest BCUT2D eigenvalue weighted by molar-refractivity contribution is 0.252. The Morgan fingerprint density at radius 2 is 2.12 bits per heavy atom. The van der Waals surface area contributed by atoms with E-state index in [9.17, 15) is 14.0 Å². The van der Waals surface area contributed by atoms with Gasteiger partial charge in [-0.2, -0.15) is 0 Å². The van der Waals surface area contributed by atoms with Crippen molar-refractivity contribution < 1.29 is 18.7 Å². The Morgan fingerprint density at radius 3 is 2.85 bits per heavy atom. The highest BCUT2D eigenvalue weighted by molar-refractivity contribution is 6.01. The summed E-state index contributed by atoms with van der Waals surface area (Å²) >= 11 is 0. The van der Waals surface area contributed by atoms with Crippen molar-refractivity contribution >= 4 is 29.1 Å². The van der Waals surface area contributed by atoms with Crippen LogP contribution in [0.2, 0.25) is 0 Å². The van der Waals surface area contributed by atoms with Crippen LogP contribution in [0.1, 0.15) is 6.92 Å². The third-order valence-corrected chi connectivity index (χ3v) is 3.76. The van der Waals surface area contributed by atoms with Gasteiger partial charge in [0.05, 0.1) is 12.3 Å². The van der Waals surface area contributed by atoms with E-state index in [1.807, 2.05) is 0 Å². The quantitative estimate of drug-likeness (QED) is 0.766. The second kappa shape index (κ2) is 7.73. The second-order valence-electron chi connectivity index (χ2n) is 5.59. The summed E-state index contributed by atoms with van der Waals surface area (Å²) in [4.78, 5) is 25.6. The third-order valence-electron chi connectivity index (χ3n) is 3.76. The van der Waals surface area contributed by atoms with Crippen molar-refractivity contribution in [1.29, 1.82) is 0 Å². The first-order valence-corrected chi connectivity index (χ1v) is 8.22. The lowest BCUT2D eigenvalue weighted by Gasteiger charge is -2.16. The van der Waals surface area contributed by atoms with Crippen molar-refractivity contribution in [1.82, 2.24) is 5.32 Å². The lowest BCUT2D eigenvalue weighted by atomic mass is 10.2. The molecule has 3 N–H and O–H groups in total. The summed E-state index contributed by atoms with van der Waals surface area (Å²) in [5, 5.41) is 8.06. The van der Waals surface area contributed by atoms with Crippen molar-refractivity contribution in [2.24, 2.45) is 0 Å². The Bertz CT molecular complexity index is 828. The van der Waals surface area contributed by atoms with Gasteiger partial charge in [-0.05, 0) is 37.3 Å². The molecule has 4 amide bonds. The molecule has 0 unspecified atom stereocenters. The smallest absolute Gasteiger partial charge is 0.323 e. The minimum atomic E-state index is -0.499. The van der Waals surface area contributed by atoms with E-state index in [0.717, 1.165) is 0 Å². The van der Waals surface area contributed by atoms with E-state index in [-0.39, 0.29) is 11.8 Å². The number of amides is 4. The minimum Gasteiger partial charge on any atom is -0.492 e. The topological polar surface area (TPSA) is 82.7 Å². The van der Waals surface area contributed by atoms with Crippen LogP contribution in [0, 0.1) is 5.82 Å². The van der Waals surface area contributed by atoms with Crippen LogP contribution in [0.25, 0.3) is 0 Å². The summed E-state index contributed by atoms with van der Waals surface area (Å²) in [5.41, 5.74) is 1.58. The number of nitrogens with zero attached hydrogens (tertiary/aromatic N) is 1. The van der Waals surface area contributed by atoms with Gasteiger partial charge in [0.2, 0.25) is 0 Å². The summed E-state index contributed by atoms with van der Waals surface area (Å²) in [6.45, 7) is 3.28. The van der Waals surface area contributed by atoms with Gasteiger partial charge in [0.15, 0.2) is 0 Å². The number of anilines is 3. The number of hydrogen-bond donors (Lipinski definition) is 3. The van der Waals surface area contributed by atoms with Crippen molar-refractivity contribution in [2.45, 2.75) is 6.92 Å². The van der Waals surface area contributed by atoms with Crippen LogP contribution in [-0.4, -0.2) is 31.8 Å². The second-order valence-corrected chi connectivity index (χ2v) is 5.59. The summed E-state index contributed by atoms with van der Waals surface area (Å²) in [6.07, 6.45) is 0. The summed E-state index contributed by atoms with van der Waals surface area (Å²) in [7, 11) is 0. The number of carbonyl (C=O) groups is 2. The first kappa shape index (κ1) is 17.5. The van der Waals surface area contributed by atoms with E-state index in [0.29, 0.717) is 36.8 Å². The number of rotatable bonds is 5. The highest BCUT2D eigenvalue weighted by Gasteiger charge is 2.21. The average molecular weight is 358 g/mol. The molecule has 1 aliphatic heterocycles. The van der Waals surface area contributed by atoms with Crippen molar-refractivity contribution in [3.8, 4) is 5.75 Å². The predicted molar refractivity (Wildman–Crippen MR) is 97.4 cm³/mol. The van der Waals surface area contributed by atoms with Crippen LogP contribution >= 0.6 is 0 Å². The molecule has 0 atom stereocenters. The molecule has 0 spiro atoms. The fourth-order valence-electron chi connectivity index (χ4n) is 2.63. The molecule has 0 saturated carbocycles. The highest BCUT2D eigenvalue weighted by atomic mass is 19.1. The van der Waals surface area contributed by atoms with Gasteiger partial charge in [0.1, 0.15) is 11.6 Å². The van der Waals surface area contributed by atoms with Gasteiger partial charge in [-0.3, -0.25) is 4.90 Å². The van der Waals surface area contributed by atoms with Crippen LogP contribution in [-0.2, 0) is 0 Å². The van der Waals surface area contributed by atoms with Crippen LogP contribution in [0.4, 0.5) is 31.0 Å². The maximum Gasteiger partial charge on any atom is 0.323 e. The molecule has 0 bridgehead atoms. The predicted octanol–water partition coefficient (Wildman–Crippen LogP) is 3.40. The maximum absolute atomic E-state index is 13.3. The van der Waals surface area contributed by atoms with E-state index in [1.54, 1.807) is 36.1 Å². The molecule has 0 aromatic heterocycles. The molecular weight excluding hydrogens is 339 g/mol. The fourth-order valence-corrected chi connectivity index (χ4v) is 2.63. The molecule has 1 aliphatic rings. The van der Waals surface area contributed by atoms with Crippen molar-refractivity contribution in [3.63, 3.8) is 0 Å². The Kier molecular flexibility index (Phi) is 5.21. The summed E-state index contributed by atoms with van der Waals surface area (Å²) in [5.74, 6) is -0.193.